The lowest BCUT2D eigenvalue weighted by atomic mass is 9.83. The maximum Gasteiger partial charge on any atom is 0.387 e. The van der Waals surface area contributed by atoms with Crippen LogP contribution in [0.5, 0.6) is 5.75 Å². The second-order valence-corrected chi connectivity index (χ2v) is 6.21. The van der Waals surface area contributed by atoms with Crippen molar-refractivity contribution >= 4 is 0 Å². The van der Waals surface area contributed by atoms with Gasteiger partial charge < -0.3 is 4.74 Å². The molecule has 1 nitrogen and oxygen atoms in total. The molecule has 2 aromatic rings. The van der Waals surface area contributed by atoms with Crippen LogP contribution in [0, 0.1) is 11.6 Å². The van der Waals surface area contributed by atoms with Crippen molar-refractivity contribution in [2.24, 2.45) is 0 Å². The third kappa shape index (κ3) is 4.11. The Morgan fingerprint density at radius 3 is 2.20 bits per heavy atom. The third-order valence-electron chi connectivity index (χ3n) is 4.58. The second kappa shape index (κ2) is 7.42. The van der Waals surface area contributed by atoms with E-state index in [1.807, 2.05) is 0 Å². The molecule has 3 rings (SSSR count). The van der Waals surface area contributed by atoms with Gasteiger partial charge in [-0.25, -0.2) is 13.2 Å². The molecule has 2 aromatic carbocycles. The van der Waals surface area contributed by atoms with E-state index in [2.05, 4.69) is 4.74 Å². The first kappa shape index (κ1) is 17.7. The van der Waals surface area contributed by atoms with Crippen molar-refractivity contribution in [3.8, 4) is 16.9 Å². The topological polar surface area (TPSA) is 9.23 Å². The van der Waals surface area contributed by atoms with Crippen LogP contribution in [0.15, 0.2) is 36.4 Å². The fraction of sp³-hybridized carbons (Fsp3) is 0.368. The zero-order valence-electron chi connectivity index (χ0n) is 13.3. The predicted molar refractivity (Wildman–Crippen MR) is 84.5 cm³/mol. The molecule has 0 spiro atoms. The molecule has 0 aliphatic heterocycles. The van der Waals surface area contributed by atoms with E-state index < -0.39 is 30.2 Å². The van der Waals surface area contributed by atoms with Crippen LogP contribution >= 0.6 is 0 Å². The Morgan fingerprint density at radius 1 is 0.880 bits per heavy atom. The van der Waals surface area contributed by atoms with E-state index in [-0.39, 0.29) is 17.0 Å². The summed E-state index contributed by atoms with van der Waals surface area (Å²) >= 11 is 0. The van der Waals surface area contributed by atoms with Gasteiger partial charge in [-0.3, -0.25) is 0 Å². The Morgan fingerprint density at radius 2 is 1.60 bits per heavy atom. The number of hydrogen-bond donors (Lipinski definition) is 0. The zero-order chi connectivity index (χ0) is 18.0. The molecule has 0 atom stereocenters. The highest BCUT2D eigenvalue weighted by Crippen LogP contribution is 2.36. The Bertz CT molecular complexity index is 739. The Hall–Kier alpha value is -2.11. The molecule has 0 radical (unpaired) electrons. The summed E-state index contributed by atoms with van der Waals surface area (Å²) in [6.07, 6.45) is 1.52. The van der Waals surface area contributed by atoms with Crippen LogP contribution in [0.2, 0.25) is 0 Å². The smallest absolute Gasteiger partial charge is 0.387 e. The van der Waals surface area contributed by atoms with Gasteiger partial charge in [0.15, 0.2) is 11.6 Å². The number of benzene rings is 2. The second-order valence-electron chi connectivity index (χ2n) is 6.21. The molecule has 0 unspecified atom stereocenters. The first-order valence-electron chi connectivity index (χ1n) is 8.12. The molecule has 134 valence electrons. The van der Waals surface area contributed by atoms with Crippen molar-refractivity contribution in [1.29, 1.82) is 0 Å². The summed E-state index contributed by atoms with van der Waals surface area (Å²) in [6, 6.07) is 8.02. The summed E-state index contributed by atoms with van der Waals surface area (Å²) < 4.78 is 69.9. The van der Waals surface area contributed by atoms with Gasteiger partial charge in [-0.15, -0.1) is 0 Å². The number of ether oxygens (including phenoxy) is 1. The highest BCUT2D eigenvalue weighted by atomic mass is 19.3. The molecular weight excluding hydrogens is 339 g/mol. The molecule has 0 saturated heterocycles. The number of hydrogen-bond acceptors (Lipinski definition) is 1. The molecule has 1 aliphatic rings. The molecule has 25 heavy (non-hydrogen) atoms. The van der Waals surface area contributed by atoms with Crippen molar-refractivity contribution in [3.05, 3.63) is 53.6 Å². The Balaban J connectivity index is 1.82. The number of alkyl halides is 3. The zero-order valence-corrected chi connectivity index (χ0v) is 13.3. The number of rotatable bonds is 4. The van der Waals surface area contributed by atoms with Gasteiger partial charge in [0.05, 0.1) is 0 Å². The van der Waals surface area contributed by atoms with E-state index in [4.69, 9.17) is 0 Å². The molecule has 0 heterocycles. The van der Waals surface area contributed by atoms with E-state index in [9.17, 15) is 22.0 Å². The van der Waals surface area contributed by atoms with Crippen LogP contribution in [-0.4, -0.2) is 12.8 Å². The average Bonchev–Trinajstić information content (AvgIpc) is 2.57. The quantitative estimate of drug-likeness (QED) is 0.590. The average molecular weight is 356 g/mol. The van der Waals surface area contributed by atoms with Crippen LogP contribution in [0.1, 0.15) is 37.2 Å². The van der Waals surface area contributed by atoms with Crippen LogP contribution in [-0.2, 0) is 0 Å². The van der Waals surface area contributed by atoms with Crippen molar-refractivity contribution < 1.29 is 26.7 Å². The summed E-state index contributed by atoms with van der Waals surface area (Å²) in [7, 11) is 0. The highest BCUT2D eigenvalue weighted by Gasteiger charge is 2.23. The first-order chi connectivity index (χ1) is 11.9. The standard InChI is InChI=1S/C19H17F5O/c20-14-5-1-11(2-6-14)12-3-7-15(16(21)9-12)13-4-8-18(17(22)10-13)25-19(23)24/h3-4,7-11,14,19H,1-2,5-6H2. The molecule has 0 bridgehead atoms. The molecule has 1 aliphatic carbocycles. The van der Waals surface area contributed by atoms with Crippen molar-refractivity contribution in [2.75, 3.05) is 0 Å². The van der Waals surface area contributed by atoms with Gasteiger partial charge >= 0.3 is 6.61 Å². The van der Waals surface area contributed by atoms with Gasteiger partial charge in [0.25, 0.3) is 0 Å². The summed E-state index contributed by atoms with van der Waals surface area (Å²) in [5, 5.41) is 0. The first-order valence-corrected chi connectivity index (χ1v) is 8.12. The van der Waals surface area contributed by atoms with Crippen LogP contribution in [0.25, 0.3) is 11.1 Å². The SMILES string of the molecule is Fc1cc(-c2ccc(C3CCC(F)CC3)cc2F)ccc1OC(F)F. The maximum absolute atomic E-state index is 14.5. The van der Waals surface area contributed by atoms with Crippen LogP contribution in [0.4, 0.5) is 22.0 Å². The third-order valence-corrected chi connectivity index (χ3v) is 4.58. The van der Waals surface area contributed by atoms with E-state index in [0.717, 1.165) is 17.7 Å². The van der Waals surface area contributed by atoms with E-state index in [1.165, 1.54) is 18.2 Å². The van der Waals surface area contributed by atoms with Gasteiger partial charge in [0.2, 0.25) is 0 Å². The fourth-order valence-corrected chi connectivity index (χ4v) is 3.27. The van der Waals surface area contributed by atoms with Crippen LogP contribution in [0.3, 0.4) is 0 Å². The van der Waals surface area contributed by atoms with Crippen molar-refractivity contribution in [2.45, 2.75) is 44.4 Å². The summed E-state index contributed by atoms with van der Waals surface area (Å²) in [5.74, 6) is -1.97. The van der Waals surface area contributed by atoms with Crippen molar-refractivity contribution in [1.82, 2.24) is 0 Å². The molecule has 6 heteroatoms. The van der Waals surface area contributed by atoms with Crippen LogP contribution < -0.4 is 4.74 Å². The predicted octanol–water partition coefficient (Wildman–Crippen LogP) is 6.23. The van der Waals surface area contributed by atoms with Gasteiger partial charge in [-0.1, -0.05) is 18.2 Å². The van der Waals surface area contributed by atoms with E-state index in [0.29, 0.717) is 25.7 Å². The molecular formula is C19H17F5O. The van der Waals surface area contributed by atoms with Gasteiger partial charge in [0.1, 0.15) is 12.0 Å². The molecule has 1 fully saturated rings. The minimum atomic E-state index is -3.13. The molecule has 0 N–H and O–H groups in total. The minimum Gasteiger partial charge on any atom is -0.432 e. The summed E-state index contributed by atoms with van der Waals surface area (Å²) in [6.45, 7) is -3.13. The molecule has 0 aromatic heterocycles. The lowest BCUT2D eigenvalue weighted by Gasteiger charge is -2.24. The lowest BCUT2D eigenvalue weighted by Crippen LogP contribution is -2.13. The highest BCUT2D eigenvalue weighted by molar-refractivity contribution is 5.65. The van der Waals surface area contributed by atoms with Crippen molar-refractivity contribution in [3.63, 3.8) is 0 Å². The van der Waals surface area contributed by atoms with Gasteiger partial charge in [-0.05, 0) is 60.9 Å². The van der Waals surface area contributed by atoms with Gasteiger partial charge in [0, 0.05) is 5.56 Å². The Labute approximate surface area is 142 Å². The minimum absolute atomic E-state index is 0.120. The Kier molecular flexibility index (Phi) is 5.25. The molecule has 0 amide bonds. The normalized spacial score (nSPS) is 20.7. The van der Waals surface area contributed by atoms with E-state index in [1.54, 1.807) is 6.07 Å². The number of halogens is 5. The largest absolute Gasteiger partial charge is 0.432 e. The summed E-state index contributed by atoms with van der Waals surface area (Å²) in [5.41, 5.74) is 1.20. The monoisotopic (exact) mass is 356 g/mol. The lowest BCUT2D eigenvalue weighted by molar-refractivity contribution is -0.0521. The van der Waals surface area contributed by atoms with Gasteiger partial charge in [-0.2, -0.15) is 8.78 Å². The summed E-state index contributed by atoms with van der Waals surface area (Å²) in [4.78, 5) is 0. The molecule has 1 saturated carbocycles. The maximum atomic E-state index is 14.5. The van der Waals surface area contributed by atoms with E-state index >= 15 is 0 Å². The fourth-order valence-electron chi connectivity index (χ4n) is 3.27.